The van der Waals surface area contributed by atoms with Gasteiger partial charge >= 0.3 is 0 Å². The Kier molecular flexibility index (Phi) is 5.96. The monoisotopic (exact) mass is 312 g/mol. The number of thioether (sulfide) groups is 1. The number of nitrogens with zero attached hydrogens (tertiary/aromatic N) is 3. The third-order valence-corrected chi connectivity index (χ3v) is 5.10. The standard InChI is InChI=1S/C15H28N4OS/c1-6-16-14(12-10-21-8-7-18(12)4)15-13(20-5)9-17-19(15)11(2)3/h9,11-12,14,16H,6-8,10H2,1-5H3. The van der Waals surface area contributed by atoms with Gasteiger partial charge in [0.25, 0.3) is 0 Å². The maximum Gasteiger partial charge on any atom is 0.161 e. The van der Waals surface area contributed by atoms with Gasteiger partial charge in [-0.3, -0.25) is 9.58 Å². The zero-order chi connectivity index (χ0) is 15.4. The van der Waals surface area contributed by atoms with E-state index in [1.54, 1.807) is 7.11 Å². The molecule has 0 aromatic carbocycles. The quantitative estimate of drug-likeness (QED) is 0.872. The Morgan fingerprint density at radius 3 is 2.86 bits per heavy atom. The third-order valence-electron chi connectivity index (χ3n) is 4.05. The molecule has 1 aromatic heterocycles. The molecular formula is C15H28N4OS. The van der Waals surface area contributed by atoms with Crippen LogP contribution in [0, 0.1) is 0 Å². The fourth-order valence-electron chi connectivity index (χ4n) is 2.91. The van der Waals surface area contributed by atoms with Crippen molar-refractivity contribution in [2.24, 2.45) is 0 Å². The number of hydrogen-bond acceptors (Lipinski definition) is 5. The van der Waals surface area contributed by atoms with Gasteiger partial charge in [-0.2, -0.15) is 16.9 Å². The SMILES string of the molecule is CCNC(c1c(OC)cnn1C(C)C)C1CSCCN1C. The van der Waals surface area contributed by atoms with E-state index in [-0.39, 0.29) is 6.04 Å². The smallest absolute Gasteiger partial charge is 0.161 e. The number of nitrogens with one attached hydrogen (secondary N) is 1. The number of likely N-dealkylation sites (N-methyl/N-ethyl adjacent to an activating group) is 2. The van der Waals surface area contributed by atoms with Gasteiger partial charge in [0, 0.05) is 30.1 Å². The van der Waals surface area contributed by atoms with Crippen LogP contribution in [0.1, 0.15) is 38.5 Å². The van der Waals surface area contributed by atoms with Crippen molar-refractivity contribution in [1.82, 2.24) is 20.0 Å². The highest BCUT2D eigenvalue weighted by molar-refractivity contribution is 7.99. The molecule has 6 heteroatoms. The summed E-state index contributed by atoms with van der Waals surface area (Å²) in [5, 5.41) is 8.20. The summed E-state index contributed by atoms with van der Waals surface area (Å²) < 4.78 is 7.68. The Morgan fingerprint density at radius 2 is 2.29 bits per heavy atom. The molecule has 21 heavy (non-hydrogen) atoms. The lowest BCUT2D eigenvalue weighted by Crippen LogP contribution is -2.48. The second-order valence-electron chi connectivity index (χ2n) is 5.79. The number of aromatic nitrogens is 2. The van der Waals surface area contributed by atoms with Crippen molar-refractivity contribution < 1.29 is 4.74 Å². The van der Waals surface area contributed by atoms with Crippen LogP contribution >= 0.6 is 11.8 Å². The van der Waals surface area contributed by atoms with Crippen molar-refractivity contribution in [2.45, 2.75) is 38.9 Å². The summed E-state index contributed by atoms with van der Waals surface area (Å²) in [4.78, 5) is 2.46. The molecule has 1 saturated heterocycles. The van der Waals surface area contributed by atoms with Gasteiger partial charge < -0.3 is 10.1 Å². The molecule has 0 saturated carbocycles. The van der Waals surface area contributed by atoms with Gasteiger partial charge in [-0.25, -0.2) is 0 Å². The van der Waals surface area contributed by atoms with Gasteiger partial charge in [0.2, 0.25) is 0 Å². The summed E-state index contributed by atoms with van der Waals surface area (Å²) in [6.07, 6.45) is 1.84. The van der Waals surface area contributed by atoms with Crippen LogP contribution in [-0.2, 0) is 0 Å². The van der Waals surface area contributed by atoms with Crippen LogP contribution < -0.4 is 10.1 Å². The lowest BCUT2D eigenvalue weighted by atomic mass is 10.0. The van der Waals surface area contributed by atoms with Crippen molar-refractivity contribution in [1.29, 1.82) is 0 Å². The van der Waals surface area contributed by atoms with E-state index in [1.165, 1.54) is 11.4 Å². The number of ether oxygens (including phenoxy) is 1. The van der Waals surface area contributed by atoms with E-state index in [2.05, 4.69) is 47.8 Å². The fourth-order valence-corrected chi connectivity index (χ4v) is 4.18. The van der Waals surface area contributed by atoms with Crippen LogP contribution in [0.2, 0.25) is 0 Å². The molecule has 2 atom stereocenters. The van der Waals surface area contributed by atoms with E-state index in [1.807, 2.05) is 18.0 Å². The zero-order valence-corrected chi connectivity index (χ0v) is 14.6. The van der Waals surface area contributed by atoms with E-state index in [4.69, 9.17) is 4.74 Å². The fraction of sp³-hybridized carbons (Fsp3) is 0.800. The summed E-state index contributed by atoms with van der Waals surface area (Å²) in [6, 6.07) is 1.03. The maximum atomic E-state index is 5.58. The molecule has 2 rings (SSSR count). The molecule has 1 aromatic rings. The predicted molar refractivity (Wildman–Crippen MR) is 89.3 cm³/mol. The molecule has 0 radical (unpaired) electrons. The summed E-state index contributed by atoms with van der Waals surface area (Å²) in [7, 11) is 3.95. The second-order valence-corrected chi connectivity index (χ2v) is 6.94. The van der Waals surface area contributed by atoms with E-state index in [0.717, 1.165) is 24.6 Å². The molecule has 120 valence electrons. The Hall–Kier alpha value is -0.720. The second kappa shape index (κ2) is 7.51. The van der Waals surface area contributed by atoms with Crippen molar-refractivity contribution in [3.05, 3.63) is 11.9 Å². The van der Waals surface area contributed by atoms with E-state index in [9.17, 15) is 0 Å². The van der Waals surface area contributed by atoms with Gasteiger partial charge in [0.1, 0.15) is 0 Å². The molecule has 5 nitrogen and oxygen atoms in total. The van der Waals surface area contributed by atoms with E-state index < -0.39 is 0 Å². The highest BCUT2D eigenvalue weighted by Gasteiger charge is 2.33. The first kappa shape index (κ1) is 16.6. The van der Waals surface area contributed by atoms with E-state index in [0.29, 0.717) is 12.1 Å². The molecule has 0 aliphatic carbocycles. The Balaban J connectivity index is 2.39. The Bertz CT molecular complexity index is 449. The Labute approximate surface area is 132 Å². The largest absolute Gasteiger partial charge is 0.493 e. The summed E-state index contributed by atoms with van der Waals surface area (Å²) in [5.74, 6) is 3.24. The molecule has 2 unspecified atom stereocenters. The third kappa shape index (κ3) is 3.55. The molecule has 1 N–H and O–H groups in total. The minimum absolute atomic E-state index is 0.243. The zero-order valence-electron chi connectivity index (χ0n) is 13.8. The van der Waals surface area contributed by atoms with Crippen LogP contribution in [0.5, 0.6) is 5.75 Å². The van der Waals surface area contributed by atoms with Gasteiger partial charge in [0.05, 0.1) is 25.0 Å². The average molecular weight is 312 g/mol. The van der Waals surface area contributed by atoms with Crippen LogP contribution in [0.3, 0.4) is 0 Å². The van der Waals surface area contributed by atoms with Crippen molar-refractivity contribution in [3.63, 3.8) is 0 Å². The van der Waals surface area contributed by atoms with Crippen molar-refractivity contribution >= 4 is 11.8 Å². The van der Waals surface area contributed by atoms with Crippen LogP contribution in [0.25, 0.3) is 0 Å². The highest BCUT2D eigenvalue weighted by Crippen LogP contribution is 2.33. The molecule has 0 amide bonds. The molecule has 2 heterocycles. The highest BCUT2D eigenvalue weighted by atomic mass is 32.2. The van der Waals surface area contributed by atoms with Crippen LogP contribution in [0.4, 0.5) is 0 Å². The topological polar surface area (TPSA) is 42.3 Å². The van der Waals surface area contributed by atoms with E-state index >= 15 is 0 Å². The lowest BCUT2D eigenvalue weighted by Gasteiger charge is -2.38. The first-order valence-corrected chi connectivity index (χ1v) is 8.88. The Morgan fingerprint density at radius 1 is 1.52 bits per heavy atom. The minimum Gasteiger partial charge on any atom is -0.493 e. The van der Waals surface area contributed by atoms with Crippen LogP contribution in [-0.4, -0.2) is 59.5 Å². The normalized spacial score (nSPS) is 21.7. The molecule has 1 aliphatic rings. The summed E-state index contributed by atoms with van der Waals surface area (Å²) >= 11 is 2.03. The number of rotatable bonds is 6. The summed E-state index contributed by atoms with van der Waals surface area (Å²) in [5.41, 5.74) is 1.17. The molecule has 1 aliphatic heterocycles. The maximum absolute atomic E-state index is 5.58. The first-order valence-electron chi connectivity index (χ1n) is 7.72. The van der Waals surface area contributed by atoms with Gasteiger partial charge in [-0.1, -0.05) is 6.92 Å². The predicted octanol–water partition coefficient (Wildman–Crippen LogP) is 2.17. The number of hydrogen-bond donors (Lipinski definition) is 1. The average Bonchev–Trinajstić information content (AvgIpc) is 2.89. The molecule has 1 fully saturated rings. The molecular weight excluding hydrogens is 284 g/mol. The van der Waals surface area contributed by atoms with Crippen LogP contribution in [0.15, 0.2) is 6.20 Å². The molecule has 0 spiro atoms. The van der Waals surface area contributed by atoms with Gasteiger partial charge in [-0.05, 0) is 27.4 Å². The lowest BCUT2D eigenvalue weighted by molar-refractivity contribution is 0.206. The molecule has 0 bridgehead atoms. The first-order chi connectivity index (χ1) is 10.1. The minimum atomic E-state index is 0.243. The van der Waals surface area contributed by atoms with Gasteiger partial charge in [0.15, 0.2) is 5.75 Å². The van der Waals surface area contributed by atoms with Crippen molar-refractivity contribution in [2.75, 3.05) is 38.8 Å². The number of methoxy groups -OCH3 is 1. The summed E-state index contributed by atoms with van der Waals surface area (Å²) in [6.45, 7) is 8.56. The van der Waals surface area contributed by atoms with Crippen molar-refractivity contribution in [3.8, 4) is 5.75 Å². The van der Waals surface area contributed by atoms with Gasteiger partial charge in [-0.15, -0.1) is 0 Å².